The van der Waals surface area contributed by atoms with Gasteiger partial charge in [-0.2, -0.15) is 0 Å². The smallest absolute Gasteiger partial charge is 0.153 e. The molecule has 0 aliphatic carbocycles. The van der Waals surface area contributed by atoms with E-state index in [9.17, 15) is 9.59 Å². The molecule has 0 aliphatic rings. The molecule has 4 heteroatoms. The van der Waals surface area contributed by atoms with Crippen molar-refractivity contribution in [2.45, 2.75) is 19.3 Å². The predicted molar refractivity (Wildman–Crippen MR) is 65.2 cm³/mol. The van der Waals surface area contributed by atoms with Crippen molar-refractivity contribution in [3.8, 4) is 0 Å². The predicted octanol–water partition coefficient (Wildman–Crippen LogP) is 2.66. The number of aromatic nitrogens is 1. The number of aldehydes is 2. The Hall–Kier alpha value is -1.29. The minimum atomic E-state index is -0.00139. The van der Waals surface area contributed by atoms with E-state index in [4.69, 9.17) is 0 Å². The molecule has 84 valence electrons. The molecule has 0 N–H and O–H groups in total. The summed E-state index contributed by atoms with van der Waals surface area (Å²) in [6.07, 6.45) is 5.27. The van der Waals surface area contributed by atoms with E-state index in [0.717, 1.165) is 16.6 Å². The molecule has 0 fully saturated rings. The van der Waals surface area contributed by atoms with Gasteiger partial charge in [0, 0.05) is 22.3 Å². The molecule has 1 aromatic heterocycles. The minimum Gasteiger partial charge on any atom is -0.298 e. The summed E-state index contributed by atoms with van der Waals surface area (Å²) in [7, 11) is 0. The largest absolute Gasteiger partial charge is 0.298 e. The van der Waals surface area contributed by atoms with Gasteiger partial charge in [0.05, 0.1) is 5.57 Å². The van der Waals surface area contributed by atoms with E-state index in [1.165, 1.54) is 0 Å². The summed E-state index contributed by atoms with van der Waals surface area (Å²) < 4.78 is 0.904. The fraction of sp³-hybridized carbons (Fsp3) is 0.250. The molecule has 1 unspecified atom stereocenters. The molecule has 0 amide bonds. The lowest BCUT2D eigenvalue weighted by molar-refractivity contribution is -0.109. The zero-order chi connectivity index (χ0) is 12.0. The second-order valence-corrected chi connectivity index (χ2v) is 4.23. The number of carbonyl (C=O) groups is 2. The third-order valence-electron chi connectivity index (χ3n) is 2.24. The van der Waals surface area contributed by atoms with Gasteiger partial charge in [0.15, 0.2) is 12.6 Å². The van der Waals surface area contributed by atoms with Gasteiger partial charge in [0.1, 0.15) is 0 Å². The first-order valence-electron chi connectivity index (χ1n) is 4.94. The maximum absolute atomic E-state index is 10.5. The molecule has 0 saturated carbocycles. The van der Waals surface area contributed by atoms with Crippen LogP contribution in [0.15, 0.2) is 34.5 Å². The molecular weight excluding hydrogens is 270 g/mol. The lowest BCUT2D eigenvalue weighted by Crippen LogP contribution is -1.99. The first-order valence-corrected chi connectivity index (χ1v) is 5.74. The van der Waals surface area contributed by atoms with Gasteiger partial charge in [-0.1, -0.05) is 13.0 Å². The lowest BCUT2D eigenvalue weighted by Gasteiger charge is -2.09. The molecule has 0 saturated heterocycles. The maximum atomic E-state index is 10.5. The molecular formula is C12H12BrNO2. The van der Waals surface area contributed by atoms with Crippen LogP contribution in [0.4, 0.5) is 0 Å². The number of rotatable bonds is 5. The minimum absolute atomic E-state index is 0.00139. The molecule has 1 rings (SSSR count). The second kappa shape index (κ2) is 6.33. The first-order chi connectivity index (χ1) is 7.71. The highest BCUT2D eigenvalue weighted by atomic mass is 79.9. The number of carbonyl (C=O) groups excluding carboxylic acids is 2. The Morgan fingerprint density at radius 1 is 1.44 bits per heavy atom. The highest BCUT2D eigenvalue weighted by molar-refractivity contribution is 9.10. The highest BCUT2D eigenvalue weighted by Gasteiger charge is 2.09. The fourth-order valence-corrected chi connectivity index (χ4v) is 1.59. The molecule has 0 aromatic carbocycles. The zero-order valence-corrected chi connectivity index (χ0v) is 10.5. The first kappa shape index (κ1) is 12.8. The summed E-state index contributed by atoms with van der Waals surface area (Å²) in [5, 5.41) is 0. The summed E-state index contributed by atoms with van der Waals surface area (Å²) >= 11 is 3.30. The van der Waals surface area contributed by atoms with Gasteiger partial charge < -0.3 is 0 Å². The van der Waals surface area contributed by atoms with Crippen LogP contribution in [0.2, 0.25) is 0 Å². The molecule has 0 bridgehead atoms. The van der Waals surface area contributed by atoms with Crippen LogP contribution in [0.5, 0.6) is 0 Å². The Kier molecular flexibility index (Phi) is 5.05. The van der Waals surface area contributed by atoms with E-state index in [1.807, 2.05) is 19.1 Å². The van der Waals surface area contributed by atoms with Gasteiger partial charge in [-0.05, 0) is 34.5 Å². The Morgan fingerprint density at radius 3 is 2.56 bits per heavy atom. The van der Waals surface area contributed by atoms with Gasteiger partial charge in [-0.25, -0.2) is 0 Å². The average Bonchev–Trinajstić information content (AvgIpc) is 2.32. The summed E-state index contributed by atoms with van der Waals surface area (Å²) in [6.45, 7) is 1.98. The zero-order valence-electron chi connectivity index (χ0n) is 8.89. The van der Waals surface area contributed by atoms with Crippen molar-refractivity contribution >= 4 is 28.5 Å². The van der Waals surface area contributed by atoms with Gasteiger partial charge in [0.2, 0.25) is 0 Å². The van der Waals surface area contributed by atoms with Gasteiger partial charge >= 0.3 is 0 Å². The molecule has 1 aromatic rings. The highest BCUT2D eigenvalue weighted by Crippen LogP contribution is 2.21. The quantitative estimate of drug-likeness (QED) is 0.361. The molecule has 1 atom stereocenters. The number of halogens is 1. The average molecular weight is 282 g/mol. The van der Waals surface area contributed by atoms with Crippen molar-refractivity contribution in [1.29, 1.82) is 0 Å². The number of pyridine rings is 1. The van der Waals surface area contributed by atoms with Crippen molar-refractivity contribution in [3.63, 3.8) is 0 Å². The van der Waals surface area contributed by atoms with E-state index >= 15 is 0 Å². The van der Waals surface area contributed by atoms with Crippen LogP contribution in [-0.2, 0) is 9.59 Å². The van der Waals surface area contributed by atoms with Crippen LogP contribution in [0, 0.1) is 0 Å². The third kappa shape index (κ3) is 3.38. The fourth-order valence-electron chi connectivity index (χ4n) is 1.36. The number of hydrogen-bond donors (Lipinski definition) is 0. The van der Waals surface area contributed by atoms with Crippen LogP contribution in [0.1, 0.15) is 25.0 Å². The summed E-state index contributed by atoms with van der Waals surface area (Å²) in [5.41, 5.74) is 1.02. The van der Waals surface area contributed by atoms with Crippen molar-refractivity contribution < 1.29 is 9.59 Å². The van der Waals surface area contributed by atoms with E-state index in [2.05, 4.69) is 20.9 Å². The molecule has 0 spiro atoms. The van der Waals surface area contributed by atoms with Crippen LogP contribution in [-0.4, -0.2) is 17.6 Å². The van der Waals surface area contributed by atoms with Crippen LogP contribution < -0.4 is 0 Å². The summed E-state index contributed by atoms with van der Waals surface area (Å²) in [6, 6.07) is 3.77. The van der Waals surface area contributed by atoms with Gasteiger partial charge in [-0.3, -0.25) is 14.6 Å². The Balaban J connectivity index is 2.98. The number of hydrogen-bond acceptors (Lipinski definition) is 3. The monoisotopic (exact) mass is 281 g/mol. The van der Waals surface area contributed by atoms with E-state index in [1.54, 1.807) is 12.3 Å². The van der Waals surface area contributed by atoms with Crippen LogP contribution in [0.3, 0.4) is 0 Å². The SMILES string of the molecule is CCC(C=C(C=O)C=O)c1ccc(Br)cn1. The van der Waals surface area contributed by atoms with Crippen molar-refractivity contribution in [2.75, 3.05) is 0 Å². The summed E-state index contributed by atoms with van der Waals surface area (Å²) in [5.74, 6) is -0.00139. The second-order valence-electron chi connectivity index (χ2n) is 3.32. The van der Waals surface area contributed by atoms with Crippen molar-refractivity contribution in [1.82, 2.24) is 4.98 Å². The van der Waals surface area contributed by atoms with Crippen LogP contribution in [0.25, 0.3) is 0 Å². The Morgan fingerprint density at radius 2 is 2.12 bits per heavy atom. The normalized spacial score (nSPS) is 11.6. The lowest BCUT2D eigenvalue weighted by atomic mass is 9.99. The van der Waals surface area contributed by atoms with Crippen molar-refractivity contribution in [2.24, 2.45) is 0 Å². The molecule has 0 aliphatic heterocycles. The summed E-state index contributed by atoms with van der Waals surface area (Å²) in [4.78, 5) is 25.3. The Bertz CT molecular complexity index is 388. The van der Waals surface area contributed by atoms with Gasteiger partial charge in [0.25, 0.3) is 0 Å². The topological polar surface area (TPSA) is 47.0 Å². The number of nitrogens with zero attached hydrogens (tertiary/aromatic N) is 1. The van der Waals surface area contributed by atoms with E-state index in [-0.39, 0.29) is 11.5 Å². The van der Waals surface area contributed by atoms with E-state index < -0.39 is 0 Å². The third-order valence-corrected chi connectivity index (χ3v) is 2.70. The maximum Gasteiger partial charge on any atom is 0.153 e. The molecule has 3 nitrogen and oxygen atoms in total. The molecule has 16 heavy (non-hydrogen) atoms. The number of allylic oxidation sites excluding steroid dienone is 2. The molecule has 0 radical (unpaired) electrons. The Labute approximate surface area is 103 Å². The van der Waals surface area contributed by atoms with Crippen molar-refractivity contribution in [3.05, 3.63) is 40.1 Å². The van der Waals surface area contributed by atoms with Gasteiger partial charge in [-0.15, -0.1) is 0 Å². The van der Waals surface area contributed by atoms with E-state index in [0.29, 0.717) is 12.6 Å². The van der Waals surface area contributed by atoms with Crippen LogP contribution >= 0.6 is 15.9 Å². The molecule has 1 heterocycles. The standard InChI is InChI=1S/C12H12BrNO2/c1-2-10(5-9(7-15)8-16)12-4-3-11(13)6-14-12/h3-8,10H,2H2,1H3.